The van der Waals surface area contributed by atoms with Crippen LogP contribution in [0.5, 0.6) is 0 Å². The topological polar surface area (TPSA) is 50.4 Å². The Kier molecular flexibility index (Phi) is 4.00. The molecule has 0 aliphatic rings. The Morgan fingerprint density at radius 1 is 1.21 bits per heavy atom. The first kappa shape index (κ1) is 13.7. The van der Waals surface area contributed by atoms with Crippen LogP contribution in [0.3, 0.4) is 0 Å². The summed E-state index contributed by atoms with van der Waals surface area (Å²) in [6.07, 6.45) is 0. The summed E-state index contributed by atoms with van der Waals surface area (Å²) < 4.78 is 5.34. The molecule has 0 unspecified atom stereocenters. The van der Waals surface area contributed by atoms with Gasteiger partial charge in [-0.05, 0) is 38.5 Å². The Labute approximate surface area is 116 Å². The first-order chi connectivity index (χ1) is 8.97. The zero-order chi connectivity index (χ0) is 14.0. The van der Waals surface area contributed by atoms with E-state index in [2.05, 4.69) is 32.0 Å². The fourth-order valence-corrected chi connectivity index (χ4v) is 2.83. The van der Waals surface area contributed by atoms with Crippen LogP contribution < -0.4 is 0 Å². The molecule has 0 spiro atoms. The average Bonchev–Trinajstić information content (AvgIpc) is 2.69. The van der Waals surface area contributed by atoms with Gasteiger partial charge < -0.3 is 9.52 Å². The normalized spacial score (nSPS) is 10.7. The highest BCUT2D eigenvalue weighted by Gasteiger charge is 2.14. The van der Waals surface area contributed by atoms with Crippen LogP contribution in [0.15, 0.2) is 33.6 Å². The van der Waals surface area contributed by atoms with E-state index in [1.54, 1.807) is 24.8 Å². The van der Waals surface area contributed by atoms with E-state index in [9.17, 15) is 4.79 Å². The Hall–Kier alpha value is -1.68. The molecular formula is C15H16O3S. The number of carboxylic acid groups (broad SMARTS) is 1. The molecule has 4 heteroatoms. The Morgan fingerprint density at radius 2 is 1.95 bits per heavy atom. The molecule has 2 rings (SSSR count). The molecule has 0 aliphatic heterocycles. The molecule has 0 radical (unpaired) electrons. The van der Waals surface area contributed by atoms with Gasteiger partial charge in [0, 0.05) is 10.5 Å². The molecule has 0 saturated heterocycles. The number of carboxylic acids is 1. The number of aryl methyl sites for hydroxylation is 3. The van der Waals surface area contributed by atoms with Crippen LogP contribution >= 0.6 is 11.8 Å². The maximum absolute atomic E-state index is 10.9. The van der Waals surface area contributed by atoms with Gasteiger partial charge in [-0.1, -0.05) is 17.7 Å². The van der Waals surface area contributed by atoms with Crippen LogP contribution in [0.1, 0.15) is 33.0 Å². The summed E-state index contributed by atoms with van der Waals surface area (Å²) in [6, 6.07) is 8.09. The molecular weight excluding hydrogens is 260 g/mol. The van der Waals surface area contributed by atoms with Crippen molar-refractivity contribution >= 4 is 17.7 Å². The zero-order valence-corrected chi connectivity index (χ0v) is 12.0. The number of hydrogen-bond donors (Lipinski definition) is 1. The lowest BCUT2D eigenvalue weighted by atomic mass is 10.2. The van der Waals surface area contributed by atoms with Crippen molar-refractivity contribution in [1.82, 2.24) is 0 Å². The summed E-state index contributed by atoms with van der Waals surface area (Å²) in [6.45, 7) is 5.89. The summed E-state index contributed by atoms with van der Waals surface area (Å²) >= 11 is 1.66. The first-order valence-corrected chi connectivity index (χ1v) is 6.98. The van der Waals surface area contributed by atoms with Crippen molar-refractivity contribution in [2.24, 2.45) is 0 Å². The third kappa shape index (κ3) is 3.20. The fourth-order valence-electron chi connectivity index (χ4n) is 1.94. The quantitative estimate of drug-likeness (QED) is 0.850. The summed E-state index contributed by atoms with van der Waals surface area (Å²) in [4.78, 5) is 12.1. The van der Waals surface area contributed by atoms with Gasteiger partial charge in [0.05, 0.1) is 5.75 Å². The van der Waals surface area contributed by atoms with Crippen LogP contribution in [0.2, 0.25) is 0 Å². The number of hydrogen-bond acceptors (Lipinski definition) is 3. The van der Waals surface area contributed by atoms with Crippen LogP contribution in [0.4, 0.5) is 0 Å². The van der Waals surface area contributed by atoms with E-state index in [0.717, 1.165) is 0 Å². The van der Waals surface area contributed by atoms with Gasteiger partial charge in [0.1, 0.15) is 5.76 Å². The Bertz CT molecular complexity index is 614. The Balaban J connectivity index is 2.10. The molecule has 0 saturated carbocycles. The number of carbonyl (C=O) groups is 1. The maximum Gasteiger partial charge on any atom is 0.372 e. The molecule has 0 fully saturated rings. The highest BCUT2D eigenvalue weighted by atomic mass is 32.2. The lowest BCUT2D eigenvalue weighted by Crippen LogP contribution is -1.94. The van der Waals surface area contributed by atoms with Gasteiger partial charge >= 0.3 is 5.97 Å². The molecule has 0 atom stereocenters. The highest BCUT2D eigenvalue weighted by molar-refractivity contribution is 7.98. The minimum atomic E-state index is -1.01. The number of furan rings is 1. The predicted octanol–water partition coefficient (Wildman–Crippen LogP) is 4.20. The second-order valence-electron chi connectivity index (χ2n) is 4.59. The van der Waals surface area contributed by atoms with Gasteiger partial charge in [-0.25, -0.2) is 4.79 Å². The van der Waals surface area contributed by atoms with Crippen LogP contribution in [0.25, 0.3) is 0 Å². The van der Waals surface area contributed by atoms with Crippen molar-refractivity contribution in [3.63, 3.8) is 0 Å². The van der Waals surface area contributed by atoms with E-state index in [4.69, 9.17) is 9.52 Å². The largest absolute Gasteiger partial charge is 0.475 e. The molecule has 1 aromatic heterocycles. The second kappa shape index (κ2) is 5.53. The van der Waals surface area contributed by atoms with Crippen molar-refractivity contribution in [1.29, 1.82) is 0 Å². The van der Waals surface area contributed by atoms with Gasteiger partial charge in [0.25, 0.3) is 0 Å². The maximum atomic E-state index is 10.9. The van der Waals surface area contributed by atoms with Crippen molar-refractivity contribution in [3.8, 4) is 0 Å². The molecule has 1 heterocycles. The van der Waals surface area contributed by atoms with Crippen molar-refractivity contribution in [2.75, 3.05) is 0 Å². The molecule has 1 aromatic carbocycles. The monoisotopic (exact) mass is 276 g/mol. The Morgan fingerprint density at radius 3 is 2.53 bits per heavy atom. The van der Waals surface area contributed by atoms with Gasteiger partial charge in [-0.3, -0.25) is 0 Å². The zero-order valence-electron chi connectivity index (χ0n) is 11.2. The molecule has 100 valence electrons. The predicted molar refractivity (Wildman–Crippen MR) is 75.9 cm³/mol. The molecule has 0 amide bonds. The van der Waals surface area contributed by atoms with Gasteiger partial charge in [-0.15, -0.1) is 11.8 Å². The highest BCUT2D eigenvalue weighted by Crippen LogP contribution is 2.28. The summed E-state index contributed by atoms with van der Waals surface area (Å²) in [5.41, 5.74) is 3.14. The van der Waals surface area contributed by atoms with E-state index in [0.29, 0.717) is 17.1 Å². The van der Waals surface area contributed by atoms with Crippen molar-refractivity contribution in [3.05, 3.63) is 52.5 Å². The second-order valence-corrected chi connectivity index (χ2v) is 5.60. The van der Waals surface area contributed by atoms with E-state index in [1.807, 2.05) is 0 Å². The summed E-state index contributed by atoms with van der Waals surface area (Å²) in [5, 5.41) is 8.94. The molecule has 2 aromatic rings. The van der Waals surface area contributed by atoms with E-state index < -0.39 is 5.97 Å². The van der Waals surface area contributed by atoms with Gasteiger partial charge in [0.15, 0.2) is 0 Å². The molecule has 0 aliphatic carbocycles. The standard InChI is InChI=1S/C15H16O3S/c1-9-4-5-13(10(2)6-9)19-8-12-7-11(3)14(18-12)15(16)17/h4-7H,8H2,1-3H3,(H,16,17). The van der Waals surface area contributed by atoms with Crippen LogP contribution in [-0.2, 0) is 5.75 Å². The molecule has 3 nitrogen and oxygen atoms in total. The molecule has 1 N–H and O–H groups in total. The van der Waals surface area contributed by atoms with E-state index in [-0.39, 0.29) is 5.76 Å². The number of thioether (sulfide) groups is 1. The van der Waals surface area contributed by atoms with E-state index in [1.165, 1.54) is 16.0 Å². The van der Waals surface area contributed by atoms with Crippen LogP contribution in [0, 0.1) is 20.8 Å². The third-order valence-corrected chi connectivity index (χ3v) is 4.06. The minimum absolute atomic E-state index is 0.0382. The number of benzene rings is 1. The van der Waals surface area contributed by atoms with Crippen molar-refractivity contribution in [2.45, 2.75) is 31.4 Å². The molecule has 0 bridgehead atoms. The number of rotatable bonds is 4. The SMILES string of the molecule is Cc1ccc(SCc2cc(C)c(C(=O)O)o2)c(C)c1. The lowest BCUT2D eigenvalue weighted by molar-refractivity contribution is 0.0659. The first-order valence-electron chi connectivity index (χ1n) is 6.00. The van der Waals surface area contributed by atoms with Crippen LogP contribution in [-0.4, -0.2) is 11.1 Å². The van der Waals surface area contributed by atoms with E-state index >= 15 is 0 Å². The third-order valence-electron chi connectivity index (χ3n) is 2.86. The lowest BCUT2D eigenvalue weighted by Gasteiger charge is -2.05. The average molecular weight is 276 g/mol. The molecule has 19 heavy (non-hydrogen) atoms. The van der Waals surface area contributed by atoms with Gasteiger partial charge in [-0.2, -0.15) is 0 Å². The summed E-state index contributed by atoms with van der Waals surface area (Å²) in [5.74, 6) is 0.356. The van der Waals surface area contributed by atoms with Gasteiger partial charge in [0.2, 0.25) is 5.76 Å². The van der Waals surface area contributed by atoms with Crippen molar-refractivity contribution < 1.29 is 14.3 Å². The smallest absolute Gasteiger partial charge is 0.372 e. The minimum Gasteiger partial charge on any atom is -0.475 e. The summed E-state index contributed by atoms with van der Waals surface area (Å²) in [7, 11) is 0. The fraction of sp³-hybridized carbons (Fsp3) is 0.267. The number of aromatic carboxylic acids is 1.